The number of nitrogens with zero attached hydrogens (tertiary/aromatic N) is 3. The van der Waals surface area contributed by atoms with E-state index in [-0.39, 0.29) is 10.7 Å². The van der Waals surface area contributed by atoms with Gasteiger partial charge in [0.1, 0.15) is 10.7 Å². The van der Waals surface area contributed by atoms with Crippen LogP contribution in [0, 0.1) is 24.0 Å². The molecule has 2 aromatic heterocycles. The van der Waals surface area contributed by atoms with Crippen molar-refractivity contribution in [3.05, 3.63) is 62.9 Å². The maximum atomic E-state index is 11.0. The first-order valence-corrected chi connectivity index (χ1v) is 6.74. The third-order valence-electron chi connectivity index (χ3n) is 3.37. The van der Waals surface area contributed by atoms with Crippen LogP contribution in [0.3, 0.4) is 0 Å². The average molecular weight is 302 g/mol. The normalized spacial score (nSPS) is 11.0. The van der Waals surface area contributed by atoms with E-state index in [0.717, 1.165) is 22.6 Å². The number of hydrogen-bond donors (Lipinski definition) is 0. The maximum absolute atomic E-state index is 11.0. The quantitative estimate of drug-likeness (QED) is 0.527. The summed E-state index contributed by atoms with van der Waals surface area (Å²) >= 11 is 5.86. The number of benzene rings is 1. The van der Waals surface area contributed by atoms with Crippen LogP contribution in [-0.2, 0) is 0 Å². The number of imidazole rings is 1. The maximum Gasteiger partial charge on any atom is 0.288 e. The van der Waals surface area contributed by atoms with Gasteiger partial charge in [-0.25, -0.2) is 4.98 Å². The Kier molecular flexibility index (Phi) is 3.14. The minimum absolute atomic E-state index is 0.103. The lowest BCUT2D eigenvalue weighted by molar-refractivity contribution is -0.384. The van der Waals surface area contributed by atoms with Gasteiger partial charge in [0, 0.05) is 17.3 Å². The summed E-state index contributed by atoms with van der Waals surface area (Å²) in [6.07, 6.45) is 1.72. The molecule has 0 spiro atoms. The van der Waals surface area contributed by atoms with E-state index < -0.39 is 4.92 Å². The molecule has 0 fully saturated rings. The Labute approximate surface area is 126 Å². The third-order valence-corrected chi connectivity index (χ3v) is 3.69. The van der Waals surface area contributed by atoms with E-state index in [2.05, 4.69) is 4.98 Å². The number of fused-ring (bicyclic) bond motifs is 1. The fourth-order valence-corrected chi connectivity index (χ4v) is 2.68. The molecule has 0 saturated heterocycles. The highest BCUT2D eigenvalue weighted by Crippen LogP contribution is 2.31. The summed E-state index contributed by atoms with van der Waals surface area (Å²) in [5, 5.41) is 11.1. The van der Waals surface area contributed by atoms with Crippen LogP contribution in [0.4, 0.5) is 5.69 Å². The predicted octanol–water partition coefficient (Wildman–Crippen LogP) is 4.18. The lowest BCUT2D eigenvalue weighted by Gasteiger charge is -2.07. The van der Waals surface area contributed by atoms with E-state index in [9.17, 15) is 10.1 Å². The van der Waals surface area contributed by atoms with E-state index in [1.165, 1.54) is 12.1 Å². The Morgan fingerprint density at radius 2 is 2.00 bits per heavy atom. The van der Waals surface area contributed by atoms with E-state index >= 15 is 0 Å². The van der Waals surface area contributed by atoms with Crippen molar-refractivity contribution >= 4 is 22.9 Å². The molecule has 0 aliphatic rings. The molecule has 1 aromatic carbocycles. The van der Waals surface area contributed by atoms with Crippen molar-refractivity contribution in [2.75, 3.05) is 0 Å². The van der Waals surface area contributed by atoms with Crippen LogP contribution >= 0.6 is 11.6 Å². The lowest BCUT2D eigenvalue weighted by Crippen LogP contribution is -1.96. The Morgan fingerprint density at radius 3 is 2.71 bits per heavy atom. The van der Waals surface area contributed by atoms with Gasteiger partial charge in [0.05, 0.1) is 16.8 Å². The molecule has 3 rings (SSSR count). The summed E-state index contributed by atoms with van der Waals surface area (Å²) < 4.78 is 1.97. The van der Waals surface area contributed by atoms with Crippen LogP contribution in [0.5, 0.6) is 0 Å². The molecule has 0 atom stereocenters. The van der Waals surface area contributed by atoms with Crippen LogP contribution in [0.25, 0.3) is 16.9 Å². The first kappa shape index (κ1) is 13.6. The molecule has 5 nitrogen and oxygen atoms in total. The molecule has 0 aliphatic heterocycles. The zero-order valence-electron chi connectivity index (χ0n) is 11.5. The first-order chi connectivity index (χ1) is 9.97. The number of nitro benzene ring substituents is 1. The third kappa shape index (κ3) is 2.25. The summed E-state index contributed by atoms with van der Waals surface area (Å²) in [6.45, 7) is 3.99. The SMILES string of the molecule is Cc1cc(C)n2c(-c3ccc(Cl)c([N+](=O)[O-])c3)cnc2c1. The topological polar surface area (TPSA) is 60.4 Å². The molecule has 2 heterocycles. The van der Waals surface area contributed by atoms with E-state index in [4.69, 9.17) is 11.6 Å². The second kappa shape index (κ2) is 4.86. The monoisotopic (exact) mass is 301 g/mol. The standard InChI is InChI=1S/C15H12ClN3O2/c1-9-5-10(2)18-14(8-17-15(18)6-9)11-3-4-12(16)13(7-11)19(20)21/h3-8H,1-2H3. The van der Waals surface area contributed by atoms with Gasteiger partial charge in [-0.15, -0.1) is 0 Å². The van der Waals surface area contributed by atoms with Crippen LogP contribution < -0.4 is 0 Å². The van der Waals surface area contributed by atoms with E-state index in [0.29, 0.717) is 5.56 Å². The summed E-state index contributed by atoms with van der Waals surface area (Å²) in [5.74, 6) is 0. The van der Waals surface area contributed by atoms with Gasteiger partial charge in [0.25, 0.3) is 5.69 Å². The molecule has 0 radical (unpaired) electrons. The predicted molar refractivity (Wildman–Crippen MR) is 81.8 cm³/mol. The van der Waals surface area contributed by atoms with Crippen LogP contribution in [0.15, 0.2) is 36.5 Å². The molecule has 0 N–H and O–H groups in total. The summed E-state index contributed by atoms with van der Waals surface area (Å²) in [5.41, 5.74) is 4.39. The van der Waals surface area contributed by atoms with Crippen LogP contribution in [0.1, 0.15) is 11.3 Å². The molecule has 0 aliphatic carbocycles. The highest BCUT2D eigenvalue weighted by atomic mass is 35.5. The van der Waals surface area contributed by atoms with Crippen molar-refractivity contribution in [3.8, 4) is 11.3 Å². The van der Waals surface area contributed by atoms with Crippen molar-refractivity contribution in [2.45, 2.75) is 13.8 Å². The first-order valence-electron chi connectivity index (χ1n) is 6.36. The molecule has 3 aromatic rings. The van der Waals surface area contributed by atoms with Crippen molar-refractivity contribution < 1.29 is 4.92 Å². The average Bonchev–Trinajstić information content (AvgIpc) is 2.82. The van der Waals surface area contributed by atoms with Gasteiger partial charge in [0.15, 0.2) is 0 Å². The molecular weight excluding hydrogens is 290 g/mol. The smallest absolute Gasteiger partial charge is 0.288 e. The number of halogens is 1. The highest BCUT2D eigenvalue weighted by molar-refractivity contribution is 6.32. The number of rotatable bonds is 2. The second-order valence-corrected chi connectivity index (χ2v) is 5.34. The lowest BCUT2D eigenvalue weighted by atomic mass is 10.1. The Hall–Kier alpha value is -2.40. The van der Waals surface area contributed by atoms with Gasteiger partial charge in [-0.1, -0.05) is 17.7 Å². The minimum atomic E-state index is -0.480. The van der Waals surface area contributed by atoms with Gasteiger partial charge in [-0.2, -0.15) is 0 Å². The minimum Gasteiger partial charge on any atom is -0.297 e. The van der Waals surface area contributed by atoms with Gasteiger partial charge in [-0.05, 0) is 37.6 Å². The number of hydrogen-bond acceptors (Lipinski definition) is 3. The van der Waals surface area contributed by atoms with Gasteiger partial charge < -0.3 is 0 Å². The summed E-state index contributed by atoms with van der Waals surface area (Å²) in [7, 11) is 0. The van der Waals surface area contributed by atoms with Gasteiger partial charge >= 0.3 is 0 Å². The zero-order valence-corrected chi connectivity index (χ0v) is 12.3. The molecule has 0 saturated carbocycles. The number of aryl methyl sites for hydroxylation is 2. The Balaban J connectivity index is 2.26. The van der Waals surface area contributed by atoms with Crippen LogP contribution in [-0.4, -0.2) is 14.3 Å². The van der Waals surface area contributed by atoms with E-state index in [1.54, 1.807) is 12.3 Å². The second-order valence-electron chi connectivity index (χ2n) is 4.93. The fourth-order valence-electron chi connectivity index (χ4n) is 2.49. The molecule has 106 valence electrons. The zero-order chi connectivity index (χ0) is 15.1. The van der Waals surface area contributed by atoms with Crippen molar-refractivity contribution in [2.24, 2.45) is 0 Å². The molecule has 6 heteroatoms. The Morgan fingerprint density at radius 1 is 1.24 bits per heavy atom. The van der Waals surface area contributed by atoms with Crippen molar-refractivity contribution in [1.82, 2.24) is 9.38 Å². The summed E-state index contributed by atoms with van der Waals surface area (Å²) in [4.78, 5) is 14.9. The molecule has 0 unspecified atom stereocenters. The number of nitro groups is 1. The fraction of sp³-hybridized carbons (Fsp3) is 0.133. The molecule has 0 amide bonds. The van der Waals surface area contributed by atoms with E-state index in [1.807, 2.05) is 30.4 Å². The molecule has 0 bridgehead atoms. The highest BCUT2D eigenvalue weighted by Gasteiger charge is 2.16. The van der Waals surface area contributed by atoms with Gasteiger partial charge in [0.2, 0.25) is 0 Å². The molecular formula is C15H12ClN3O2. The van der Waals surface area contributed by atoms with Crippen LogP contribution in [0.2, 0.25) is 5.02 Å². The number of aromatic nitrogens is 2. The molecule has 21 heavy (non-hydrogen) atoms. The summed E-state index contributed by atoms with van der Waals surface area (Å²) in [6, 6.07) is 8.80. The number of pyridine rings is 1. The largest absolute Gasteiger partial charge is 0.297 e. The Bertz CT molecular complexity index is 871. The van der Waals surface area contributed by atoms with Gasteiger partial charge in [-0.3, -0.25) is 14.5 Å². The van der Waals surface area contributed by atoms with Crippen molar-refractivity contribution in [3.63, 3.8) is 0 Å². The van der Waals surface area contributed by atoms with Crippen molar-refractivity contribution in [1.29, 1.82) is 0 Å².